The number of nitrogens with zero attached hydrogens (tertiary/aromatic N) is 1. The average molecular weight is 451 g/mol. The molecule has 1 saturated heterocycles. The minimum Gasteiger partial charge on any atom is -0.493 e. The molecule has 0 aromatic heterocycles. The smallest absolute Gasteiger partial charge is 0.415 e. The van der Waals surface area contributed by atoms with E-state index in [-0.39, 0.29) is 30.0 Å². The van der Waals surface area contributed by atoms with Gasteiger partial charge in [-0.1, -0.05) is 30.3 Å². The number of fused-ring (bicyclic) bond motifs is 1. The van der Waals surface area contributed by atoms with Gasteiger partial charge in [0.25, 0.3) is 0 Å². The second-order valence-corrected chi connectivity index (χ2v) is 8.04. The number of carbonyl (C=O) groups excluding carboxylic acids is 1. The van der Waals surface area contributed by atoms with Gasteiger partial charge in [0.05, 0.1) is 6.61 Å². The third-order valence-electron chi connectivity index (χ3n) is 5.92. The van der Waals surface area contributed by atoms with Crippen molar-refractivity contribution in [3.63, 3.8) is 0 Å². The van der Waals surface area contributed by atoms with Gasteiger partial charge in [-0.3, -0.25) is 0 Å². The topological polar surface area (TPSA) is 57.2 Å². The quantitative estimate of drug-likeness (QED) is 0.531. The summed E-state index contributed by atoms with van der Waals surface area (Å²) in [6.07, 6.45) is 0.245. The fourth-order valence-corrected chi connectivity index (χ4v) is 4.23. The van der Waals surface area contributed by atoms with Gasteiger partial charge in [0.15, 0.2) is 11.5 Å². The first-order chi connectivity index (χ1) is 16.9. The zero-order chi connectivity index (χ0) is 24.4. The Balaban J connectivity index is 1.31. The summed E-state index contributed by atoms with van der Waals surface area (Å²) < 4.78 is 50.5. The number of rotatable bonds is 5. The summed E-state index contributed by atoms with van der Waals surface area (Å²) in [4.78, 5) is 14.5. The normalized spacial score (nSPS) is 21.7. The van der Waals surface area contributed by atoms with Crippen LogP contribution in [0, 0.1) is 11.7 Å². The number of amides is 1. The van der Waals surface area contributed by atoms with Crippen LogP contribution in [-0.2, 0) is 0 Å². The molecule has 170 valence electrons. The van der Waals surface area contributed by atoms with Crippen LogP contribution in [0.25, 0.3) is 0 Å². The minimum absolute atomic E-state index is 0.0551. The fourth-order valence-electron chi connectivity index (χ4n) is 4.23. The van der Waals surface area contributed by atoms with Crippen molar-refractivity contribution >= 4 is 6.09 Å². The van der Waals surface area contributed by atoms with E-state index in [1.165, 1.54) is 12.1 Å². The van der Waals surface area contributed by atoms with Crippen LogP contribution in [0.5, 0.6) is 23.0 Å². The molecule has 3 aromatic carbocycles. The van der Waals surface area contributed by atoms with Crippen molar-refractivity contribution in [1.29, 1.82) is 0 Å². The second-order valence-electron chi connectivity index (χ2n) is 8.04. The summed E-state index contributed by atoms with van der Waals surface area (Å²) in [7, 11) is 0. The maximum absolute atomic E-state index is 13.5. The van der Waals surface area contributed by atoms with Crippen LogP contribution in [0.1, 0.15) is 20.6 Å². The van der Waals surface area contributed by atoms with E-state index in [0.717, 1.165) is 5.56 Å². The first-order valence-electron chi connectivity index (χ1n) is 11.8. The number of para-hydroxylation sites is 1. The Morgan fingerprint density at radius 2 is 1.82 bits per heavy atom. The lowest BCUT2D eigenvalue weighted by atomic mass is 9.81. The van der Waals surface area contributed by atoms with Crippen LogP contribution < -0.4 is 18.9 Å². The van der Waals surface area contributed by atoms with Gasteiger partial charge in [-0.15, -0.1) is 0 Å². The molecule has 0 unspecified atom stereocenters. The summed E-state index contributed by atoms with van der Waals surface area (Å²) >= 11 is 0. The van der Waals surface area contributed by atoms with Crippen LogP contribution in [0.15, 0.2) is 72.8 Å². The van der Waals surface area contributed by atoms with Gasteiger partial charge in [0.2, 0.25) is 6.75 Å². The van der Waals surface area contributed by atoms with Gasteiger partial charge in [-0.25, -0.2) is 9.18 Å². The minimum atomic E-state index is -2.21. The van der Waals surface area contributed by atoms with Crippen LogP contribution >= 0.6 is 0 Å². The summed E-state index contributed by atoms with van der Waals surface area (Å²) in [5, 5.41) is 0. The number of piperidine rings is 1. The highest BCUT2D eigenvalue weighted by Crippen LogP contribution is 2.37. The lowest BCUT2D eigenvalue weighted by Gasteiger charge is -2.38. The molecule has 0 aliphatic carbocycles. The number of carbonyl (C=O) groups is 1. The van der Waals surface area contributed by atoms with E-state index in [1.54, 1.807) is 59.5 Å². The van der Waals surface area contributed by atoms with Crippen molar-refractivity contribution in [3.8, 4) is 23.0 Å². The summed E-state index contributed by atoms with van der Waals surface area (Å²) in [5.74, 6) is 1.20. The lowest BCUT2D eigenvalue weighted by molar-refractivity contribution is 0.0982. The zero-order valence-electron chi connectivity index (χ0n) is 19.8. The Morgan fingerprint density at radius 3 is 2.64 bits per heavy atom. The maximum Gasteiger partial charge on any atom is 0.415 e. The molecule has 7 heteroatoms. The number of benzene rings is 3. The molecule has 1 amide bonds. The highest BCUT2D eigenvalue weighted by atomic mass is 19.1. The van der Waals surface area contributed by atoms with E-state index >= 15 is 0 Å². The number of likely N-dealkylation sites (tertiary alicyclic amines) is 1. The van der Waals surface area contributed by atoms with Gasteiger partial charge in [0, 0.05) is 25.1 Å². The van der Waals surface area contributed by atoms with Crippen LogP contribution in [0.2, 0.25) is 0 Å². The Bertz CT molecular complexity index is 1190. The highest BCUT2D eigenvalue weighted by molar-refractivity contribution is 5.70. The van der Waals surface area contributed by atoms with E-state index in [0.29, 0.717) is 36.8 Å². The number of halogens is 1. The third-order valence-corrected chi connectivity index (χ3v) is 5.92. The van der Waals surface area contributed by atoms with E-state index in [4.69, 9.17) is 21.7 Å². The molecular formula is C26H24FNO5. The second kappa shape index (κ2) is 9.40. The van der Waals surface area contributed by atoms with Crippen molar-refractivity contribution in [2.24, 2.45) is 5.92 Å². The van der Waals surface area contributed by atoms with Crippen LogP contribution in [-0.4, -0.2) is 37.4 Å². The van der Waals surface area contributed by atoms with Crippen molar-refractivity contribution in [1.82, 2.24) is 4.90 Å². The highest BCUT2D eigenvalue weighted by Gasteiger charge is 2.34. The molecule has 6 nitrogen and oxygen atoms in total. The summed E-state index contributed by atoms with van der Waals surface area (Å²) in [6.45, 7) is -1.02. The predicted octanol–water partition coefficient (Wildman–Crippen LogP) is 5.24. The van der Waals surface area contributed by atoms with E-state index in [2.05, 4.69) is 0 Å². The van der Waals surface area contributed by atoms with E-state index in [9.17, 15) is 9.18 Å². The monoisotopic (exact) mass is 451 g/mol. The number of hydrogen-bond donors (Lipinski definition) is 0. The van der Waals surface area contributed by atoms with Gasteiger partial charge < -0.3 is 23.8 Å². The molecule has 0 bridgehead atoms. The molecule has 1 fully saturated rings. The van der Waals surface area contributed by atoms with Gasteiger partial charge in [0.1, 0.15) is 20.1 Å². The molecule has 2 atom stereocenters. The Kier molecular flexibility index (Phi) is 5.36. The van der Waals surface area contributed by atoms with E-state index in [1.807, 2.05) is 6.07 Å². The van der Waals surface area contributed by atoms with Crippen molar-refractivity contribution in [2.45, 2.75) is 12.3 Å². The Hall–Kier alpha value is -3.74. The standard InChI is InChI=1S/C26H24FNO5/c27-20-8-6-18(7-9-20)23-12-13-28(26(29)33-21-4-2-1-3-5-21)15-19(23)16-30-22-10-11-24-25(14-22)32-17-31-24/h1-11,14,19,23H,12-13,15-17H2/t19-,23-/m0/s1/i17D2. The largest absolute Gasteiger partial charge is 0.493 e. The van der Waals surface area contributed by atoms with Gasteiger partial charge >= 0.3 is 6.09 Å². The average Bonchev–Trinajstić information content (AvgIpc) is 3.17. The van der Waals surface area contributed by atoms with Crippen molar-refractivity contribution in [2.75, 3.05) is 26.4 Å². The molecule has 0 spiro atoms. The maximum atomic E-state index is 13.5. The molecular weight excluding hydrogens is 425 g/mol. The number of ether oxygens (including phenoxy) is 4. The zero-order valence-corrected chi connectivity index (χ0v) is 17.8. The van der Waals surface area contributed by atoms with Crippen LogP contribution in [0.3, 0.4) is 0 Å². The van der Waals surface area contributed by atoms with Gasteiger partial charge in [-0.05, 0) is 54.3 Å². The summed E-state index contributed by atoms with van der Waals surface area (Å²) in [6, 6.07) is 20.2. The molecule has 5 rings (SSSR count). The van der Waals surface area contributed by atoms with Crippen molar-refractivity contribution in [3.05, 3.63) is 84.2 Å². The Labute approximate surface area is 194 Å². The molecule has 0 N–H and O–H groups in total. The van der Waals surface area contributed by atoms with Gasteiger partial charge in [-0.2, -0.15) is 0 Å². The fraction of sp³-hybridized carbons (Fsp3) is 0.269. The number of hydrogen-bond acceptors (Lipinski definition) is 5. The molecule has 2 aliphatic rings. The molecule has 0 radical (unpaired) electrons. The first kappa shape index (κ1) is 18.8. The molecule has 2 heterocycles. The van der Waals surface area contributed by atoms with E-state index < -0.39 is 12.8 Å². The first-order valence-corrected chi connectivity index (χ1v) is 10.8. The van der Waals surface area contributed by atoms with Crippen molar-refractivity contribution < 1.29 is 30.9 Å². The third kappa shape index (κ3) is 4.87. The summed E-state index contributed by atoms with van der Waals surface area (Å²) in [5.41, 5.74) is 0.981. The Morgan fingerprint density at radius 1 is 1.03 bits per heavy atom. The molecule has 3 aromatic rings. The molecule has 2 aliphatic heterocycles. The van der Waals surface area contributed by atoms with Crippen LogP contribution in [0.4, 0.5) is 9.18 Å². The molecule has 33 heavy (non-hydrogen) atoms. The SMILES string of the molecule is [2H]C1([2H])Oc2ccc(OC[C@@H]3CN(C(=O)Oc4ccccc4)CC[C@H]3c3ccc(F)cc3)cc2O1. The predicted molar refractivity (Wildman–Crippen MR) is 119 cm³/mol. The molecule has 0 saturated carbocycles. The lowest BCUT2D eigenvalue weighted by Crippen LogP contribution is -2.46.